The van der Waals surface area contributed by atoms with E-state index >= 15 is 0 Å². The zero-order chi connectivity index (χ0) is 22.0. The van der Waals surface area contributed by atoms with Crippen LogP contribution in [0.3, 0.4) is 0 Å². The summed E-state index contributed by atoms with van der Waals surface area (Å²) in [5.41, 5.74) is 5.09. The minimum absolute atomic E-state index is 0.0998. The summed E-state index contributed by atoms with van der Waals surface area (Å²) in [6, 6.07) is 9.27. The van der Waals surface area contributed by atoms with Gasteiger partial charge in [-0.3, -0.25) is 4.79 Å². The van der Waals surface area contributed by atoms with E-state index in [4.69, 9.17) is 6.57 Å². The third-order valence-electron chi connectivity index (χ3n) is 5.06. The van der Waals surface area contributed by atoms with E-state index in [2.05, 4.69) is 35.4 Å². The van der Waals surface area contributed by atoms with Crippen LogP contribution in [0.4, 0.5) is 11.6 Å². The molecule has 4 aromatic rings. The van der Waals surface area contributed by atoms with E-state index < -0.39 is 0 Å². The molecular weight excluding hydrogens is 390 g/mol. The number of H-pyrrole nitrogens is 1. The molecule has 0 saturated heterocycles. The Morgan fingerprint density at radius 3 is 2.68 bits per heavy atom. The maximum atomic E-state index is 11.7. The SMILES string of the molecule is [C-]#[N+]c1cnc(N[C@H](C)c2ccc(C(=O)NC)cc2)nc1-c1c[nH]c2ncc(C)cc12. The van der Waals surface area contributed by atoms with Gasteiger partial charge in [0.1, 0.15) is 5.65 Å². The molecule has 154 valence electrons. The molecule has 0 aliphatic carbocycles. The van der Waals surface area contributed by atoms with Gasteiger partial charge in [0, 0.05) is 42.2 Å². The van der Waals surface area contributed by atoms with Crippen molar-refractivity contribution in [1.29, 1.82) is 0 Å². The van der Waals surface area contributed by atoms with Crippen LogP contribution in [0.2, 0.25) is 0 Å². The van der Waals surface area contributed by atoms with Gasteiger partial charge < -0.3 is 15.6 Å². The minimum atomic E-state index is -0.127. The third kappa shape index (κ3) is 3.94. The number of fused-ring (bicyclic) bond motifs is 1. The molecule has 0 saturated carbocycles. The molecule has 31 heavy (non-hydrogen) atoms. The standard InChI is InChI=1S/C23H21N7O/c1-13-9-17-18(11-27-21(17)26-10-13)20-19(24-3)12-28-23(30-20)29-14(2)15-5-7-16(8-6-15)22(31)25-4/h5-12,14H,1-2,4H3,(H,25,31)(H,26,27)(H,28,29,30)/t14-/m1/s1. The fraction of sp³-hybridized carbons (Fsp3) is 0.174. The van der Waals surface area contributed by atoms with E-state index in [1.165, 1.54) is 6.20 Å². The topological polar surface area (TPSA) is 100.0 Å². The van der Waals surface area contributed by atoms with Crippen molar-refractivity contribution in [3.8, 4) is 11.3 Å². The Hall–Kier alpha value is -4.25. The summed E-state index contributed by atoms with van der Waals surface area (Å²) in [6.45, 7) is 11.5. The molecule has 1 amide bonds. The second-order valence-electron chi connectivity index (χ2n) is 7.22. The predicted octanol–water partition coefficient (Wildman–Crippen LogP) is 4.41. The number of carbonyl (C=O) groups excluding carboxylic acids is 1. The van der Waals surface area contributed by atoms with Crippen LogP contribution < -0.4 is 10.6 Å². The number of aromatic amines is 1. The van der Waals surface area contributed by atoms with Gasteiger partial charge in [0.2, 0.25) is 11.6 Å². The van der Waals surface area contributed by atoms with Crippen LogP contribution >= 0.6 is 0 Å². The van der Waals surface area contributed by atoms with Crippen molar-refractivity contribution in [1.82, 2.24) is 25.3 Å². The number of hydrogen-bond acceptors (Lipinski definition) is 5. The van der Waals surface area contributed by atoms with E-state index in [1.54, 1.807) is 25.4 Å². The molecule has 3 aromatic heterocycles. The highest BCUT2D eigenvalue weighted by Gasteiger charge is 2.16. The molecule has 0 spiro atoms. The second kappa shape index (κ2) is 8.24. The molecular formula is C23H21N7O. The first-order valence-corrected chi connectivity index (χ1v) is 9.77. The first-order chi connectivity index (χ1) is 15.0. The maximum absolute atomic E-state index is 11.7. The average Bonchev–Trinajstić information content (AvgIpc) is 3.21. The minimum Gasteiger partial charge on any atom is -0.355 e. The fourth-order valence-corrected chi connectivity index (χ4v) is 3.37. The highest BCUT2D eigenvalue weighted by atomic mass is 16.1. The first-order valence-electron chi connectivity index (χ1n) is 9.77. The number of amides is 1. The quantitative estimate of drug-likeness (QED) is 0.422. The number of benzene rings is 1. The predicted molar refractivity (Wildman–Crippen MR) is 120 cm³/mol. The lowest BCUT2D eigenvalue weighted by Crippen LogP contribution is -2.17. The number of aromatic nitrogens is 4. The Kier molecular flexibility index (Phi) is 5.33. The summed E-state index contributed by atoms with van der Waals surface area (Å²) in [5, 5.41) is 6.80. The number of carbonyl (C=O) groups is 1. The summed E-state index contributed by atoms with van der Waals surface area (Å²) in [7, 11) is 1.60. The van der Waals surface area contributed by atoms with E-state index in [0.29, 0.717) is 22.9 Å². The molecule has 0 radical (unpaired) electrons. The van der Waals surface area contributed by atoms with Crippen LogP contribution in [0.1, 0.15) is 34.5 Å². The molecule has 1 atom stereocenters. The number of hydrogen-bond donors (Lipinski definition) is 3. The Balaban J connectivity index is 1.65. The van der Waals surface area contributed by atoms with E-state index in [1.807, 2.05) is 38.2 Å². The maximum Gasteiger partial charge on any atom is 0.251 e. The first kappa shape index (κ1) is 20.0. The normalized spacial score (nSPS) is 11.7. The van der Waals surface area contributed by atoms with Gasteiger partial charge in [0.05, 0.1) is 18.3 Å². The molecule has 4 rings (SSSR count). The van der Waals surface area contributed by atoms with E-state index in [0.717, 1.165) is 27.7 Å². The molecule has 8 nitrogen and oxygen atoms in total. The van der Waals surface area contributed by atoms with Gasteiger partial charge in [0.15, 0.2) is 0 Å². The van der Waals surface area contributed by atoms with Crippen molar-refractivity contribution in [2.45, 2.75) is 19.9 Å². The summed E-state index contributed by atoms with van der Waals surface area (Å²) in [4.78, 5) is 31.8. The largest absolute Gasteiger partial charge is 0.355 e. The number of aryl methyl sites for hydroxylation is 1. The summed E-state index contributed by atoms with van der Waals surface area (Å²) in [5.74, 6) is 0.290. The van der Waals surface area contributed by atoms with Crippen molar-refractivity contribution in [3.05, 3.63) is 77.0 Å². The van der Waals surface area contributed by atoms with Crippen molar-refractivity contribution in [3.63, 3.8) is 0 Å². The van der Waals surface area contributed by atoms with Crippen LogP contribution in [0.5, 0.6) is 0 Å². The third-order valence-corrected chi connectivity index (χ3v) is 5.06. The number of nitrogens with one attached hydrogen (secondary N) is 3. The molecule has 0 unspecified atom stereocenters. The van der Waals surface area contributed by atoms with Crippen LogP contribution in [-0.2, 0) is 0 Å². The van der Waals surface area contributed by atoms with Gasteiger partial charge in [-0.1, -0.05) is 12.1 Å². The van der Waals surface area contributed by atoms with Crippen molar-refractivity contribution < 1.29 is 4.79 Å². The van der Waals surface area contributed by atoms with Crippen molar-refractivity contribution in [2.24, 2.45) is 0 Å². The summed E-state index contributed by atoms with van der Waals surface area (Å²) in [6.07, 6.45) is 5.14. The van der Waals surface area contributed by atoms with E-state index in [9.17, 15) is 4.79 Å². The Morgan fingerprint density at radius 2 is 1.97 bits per heavy atom. The zero-order valence-electron chi connectivity index (χ0n) is 17.4. The molecule has 0 aliphatic heterocycles. The van der Waals surface area contributed by atoms with Gasteiger partial charge in [-0.25, -0.2) is 19.8 Å². The van der Waals surface area contributed by atoms with Crippen molar-refractivity contribution >= 4 is 28.6 Å². The number of rotatable bonds is 5. The molecule has 3 heterocycles. The van der Waals surface area contributed by atoms with Crippen molar-refractivity contribution in [2.75, 3.05) is 12.4 Å². The summed E-state index contributed by atoms with van der Waals surface area (Å²) < 4.78 is 0. The van der Waals surface area contributed by atoms with Gasteiger partial charge in [-0.15, -0.1) is 0 Å². The lowest BCUT2D eigenvalue weighted by molar-refractivity contribution is 0.0963. The Labute approximate surface area is 179 Å². The number of anilines is 1. The average molecular weight is 411 g/mol. The molecule has 8 heteroatoms. The van der Waals surface area contributed by atoms with Crippen LogP contribution in [0, 0.1) is 13.5 Å². The van der Waals surface area contributed by atoms with Gasteiger partial charge in [-0.05, 0) is 43.2 Å². The van der Waals surface area contributed by atoms with Crippen LogP contribution in [0.25, 0.3) is 27.1 Å². The second-order valence-corrected chi connectivity index (χ2v) is 7.22. The zero-order valence-corrected chi connectivity index (χ0v) is 17.4. The van der Waals surface area contributed by atoms with Crippen LogP contribution in [0.15, 0.2) is 48.9 Å². The Bertz CT molecular complexity index is 1300. The molecule has 0 fully saturated rings. The van der Waals surface area contributed by atoms with Crippen LogP contribution in [-0.4, -0.2) is 32.9 Å². The highest BCUT2D eigenvalue weighted by molar-refractivity contribution is 5.96. The highest BCUT2D eigenvalue weighted by Crippen LogP contribution is 2.34. The van der Waals surface area contributed by atoms with Gasteiger partial charge in [0.25, 0.3) is 5.91 Å². The number of nitrogens with zero attached hydrogens (tertiary/aromatic N) is 4. The number of pyridine rings is 1. The lowest BCUT2D eigenvalue weighted by atomic mass is 10.1. The fourth-order valence-electron chi connectivity index (χ4n) is 3.37. The molecule has 0 aliphatic rings. The molecule has 0 bridgehead atoms. The van der Waals surface area contributed by atoms with Gasteiger partial charge >= 0.3 is 0 Å². The monoisotopic (exact) mass is 411 g/mol. The Morgan fingerprint density at radius 1 is 1.19 bits per heavy atom. The molecule has 1 aromatic carbocycles. The smallest absolute Gasteiger partial charge is 0.251 e. The lowest BCUT2D eigenvalue weighted by Gasteiger charge is -2.15. The summed E-state index contributed by atoms with van der Waals surface area (Å²) >= 11 is 0. The van der Waals surface area contributed by atoms with Gasteiger partial charge in [-0.2, -0.15) is 0 Å². The molecule has 3 N–H and O–H groups in total. The van der Waals surface area contributed by atoms with E-state index in [-0.39, 0.29) is 11.9 Å².